The molecule has 3 aromatic carbocycles. The molecule has 4 aliphatic heterocycles. The molecular weight excluding hydrogens is 1130 g/mol. The molecule has 26 heteroatoms. The van der Waals surface area contributed by atoms with Crippen LogP contribution in [-0.4, -0.2) is 140 Å². The zero-order valence-corrected chi connectivity index (χ0v) is 47.9. The molecular formula is C58H68ClF2N10O12P. The highest BCUT2D eigenvalue weighted by Gasteiger charge is 2.51. The van der Waals surface area contributed by atoms with Crippen molar-refractivity contribution in [2.45, 2.75) is 145 Å². The van der Waals surface area contributed by atoms with Crippen LogP contribution in [0.25, 0.3) is 10.9 Å². The molecule has 5 heterocycles. The number of unbranched alkanes of at least 4 members (excludes halogenated alkanes) is 7. The van der Waals surface area contributed by atoms with Crippen LogP contribution < -0.4 is 32.3 Å². The van der Waals surface area contributed by atoms with Crippen LogP contribution >= 0.6 is 19.2 Å². The molecule has 0 spiro atoms. The molecule has 10 N–H and O–H groups in total. The largest absolute Gasteiger partial charge is 0.399 e. The summed E-state index contributed by atoms with van der Waals surface area (Å²) in [6, 6.07) is 9.56. The second-order valence-corrected chi connectivity index (χ2v) is 23.8. The van der Waals surface area contributed by atoms with Crippen molar-refractivity contribution >= 4 is 83.3 Å². The van der Waals surface area contributed by atoms with Gasteiger partial charge < -0.3 is 56.5 Å². The third-order valence-corrected chi connectivity index (χ3v) is 16.9. The minimum atomic E-state index is -5.88. The van der Waals surface area contributed by atoms with E-state index in [-0.39, 0.29) is 73.6 Å². The maximum Gasteiger partial charge on any atom is 0.399 e. The van der Waals surface area contributed by atoms with E-state index in [1.165, 1.54) is 21.9 Å². The molecule has 6 atom stereocenters. The van der Waals surface area contributed by atoms with E-state index >= 15 is 0 Å². The standard InChI is InChI=1S/C58H68ClF2N10O12P/c1-69-28-26-39-19-22-47(71(39)57(80)45(33-69)66-52(75)44-31-36-29-37(18-20-42(36)64-44)58(60,61)84(81,82)83)54(77)65-43(21-24-48(62)72)51(74)68-50(35-15-11-16-38(59)30-35)55(78)63-27-10-8-6-4-2-3-5-7-9-13-34-14-12-17-40-41(34)32-70(56(40)79)46-23-25-49(73)67-53(46)76/h11-12,14-18,20,29-31,39,43,45-47,50,64H,2-8,10,19,21-28,32-33H2,1H3,(H2,62,72)(H,63,78)(H,65,77)(H,66,75)(H,68,74)(H,67,73,76)(H2,81,82,83)/t39-,43+,45+,46?,47+,50+/m1/s1. The second-order valence-electron chi connectivity index (χ2n) is 21.8. The van der Waals surface area contributed by atoms with Gasteiger partial charge in [-0.1, -0.05) is 79.8 Å². The molecule has 22 nitrogen and oxygen atoms in total. The van der Waals surface area contributed by atoms with Crippen molar-refractivity contribution in [3.05, 3.63) is 105 Å². The number of fused-ring (bicyclic) bond motifs is 3. The Morgan fingerprint density at radius 3 is 2.36 bits per heavy atom. The topological polar surface area (TPSA) is 323 Å². The summed E-state index contributed by atoms with van der Waals surface area (Å²) in [5.74, 6) is 1.13. The Bertz CT molecular complexity index is 3330. The number of nitrogens with zero attached hydrogens (tertiary/aromatic N) is 3. The third-order valence-electron chi connectivity index (χ3n) is 15.7. The summed E-state index contributed by atoms with van der Waals surface area (Å²) in [5, 5.41) is 13.7. The van der Waals surface area contributed by atoms with Crippen LogP contribution in [0.4, 0.5) is 8.78 Å². The summed E-state index contributed by atoms with van der Waals surface area (Å²) in [4.78, 5) is 146. The number of aromatic nitrogens is 1. The van der Waals surface area contributed by atoms with Gasteiger partial charge in [-0.15, -0.1) is 0 Å². The van der Waals surface area contributed by atoms with Crippen LogP contribution in [0.15, 0.2) is 66.7 Å². The zero-order valence-electron chi connectivity index (χ0n) is 46.2. The number of primary amides is 1. The number of nitrogens with two attached hydrogens (primary N) is 1. The summed E-state index contributed by atoms with van der Waals surface area (Å²) in [5.41, 5.74) is 2.50. The Kier molecular flexibility index (Phi) is 20.4. The van der Waals surface area contributed by atoms with Crippen LogP contribution in [0.2, 0.25) is 5.02 Å². The van der Waals surface area contributed by atoms with Crippen LogP contribution in [0.3, 0.4) is 0 Å². The average Bonchev–Trinajstić information content (AvgIpc) is 2.42. The monoisotopic (exact) mass is 1200 g/mol. The molecule has 0 radical (unpaired) electrons. The van der Waals surface area contributed by atoms with Gasteiger partial charge in [-0.05, 0) is 112 Å². The first-order valence-electron chi connectivity index (χ1n) is 28.1. The number of aromatic amines is 1. The fourth-order valence-corrected chi connectivity index (χ4v) is 11.9. The van der Waals surface area contributed by atoms with E-state index < -0.39 is 96.4 Å². The van der Waals surface area contributed by atoms with Crippen molar-refractivity contribution in [3.63, 3.8) is 0 Å². The molecule has 1 unspecified atom stereocenters. The highest BCUT2D eigenvalue weighted by atomic mass is 35.5. The first-order chi connectivity index (χ1) is 40.0. The first-order valence-corrected chi connectivity index (χ1v) is 30.1. The predicted octanol–water partition coefficient (Wildman–Crippen LogP) is 4.50. The highest BCUT2D eigenvalue weighted by Crippen LogP contribution is 2.59. The number of H-pyrrole nitrogens is 1. The normalized spacial score (nSPS) is 19.9. The number of rotatable bonds is 23. The van der Waals surface area contributed by atoms with Crippen LogP contribution in [-0.2, 0) is 50.3 Å². The van der Waals surface area contributed by atoms with Crippen LogP contribution in [0.5, 0.6) is 0 Å². The van der Waals surface area contributed by atoms with E-state index in [4.69, 9.17) is 17.3 Å². The lowest BCUT2D eigenvalue weighted by Gasteiger charge is -2.38. The number of hydrogen-bond acceptors (Lipinski definition) is 11. The maximum atomic E-state index is 14.5. The van der Waals surface area contributed by atoms with Crippen molar-refractivity contribution in [1.29, 1.82) is 0 Å². The molecule has 0 aliphatic carbocycles. The number of amides is 9. The lowest BCUT2D eigenvalue weighted by atomic mass is 10.0. The number of imide groups is 1. The minimum absolute atomic E-state index is 0.0135. The molecule has 4 aliphatic rings. The van der Waals surface area contributed by atoms with Gasteiger partial charge in [-0.25, -0.2) is 0 Å². The van der Waals surface area contributed by atoms with Gasteiger partial charge in [0.1, 0.15) is 35.9 Å². The number of alkyl halides is 2. The lowest BCUT2D eigenvalue weighted by Crippen LogP contribution is -2.61. The number of likely N-dealkylation sites (N-methyl/N-ethyl adjacent to an activating group) is 1. The Morgan fingerprint density at radius 2 is 1.63 bits per heavy atom. The minimum Gasteiger partial charge on any atom is -0.370 e. The molecule has 8 rings (SSSR count). The summed E-state index contributed by atoms with van der Waals surface area (Å²) in [6.07, 6.45) is 7.75. The Balaban J connectivity index is 0.824. The fourth-order valence-electron chi connectivity index (χ4n) is 11.2. The number of piperidine rings is 1. The van der Waals surface area contributed by atoms with Gasteiger partial charge in [0.15, 0.2) is 0 Å². The maximum absolute atomic E-state index is 14.5. The third kappa shape index (κ3) is 15.0. The van der Waals surface area contributed by atoms with Crippen molar-refractivity contribution < 1.29 is 66.3 Å². The first kappa shape index (κ1) is 62.5. The van der Waals surface area contributed by atoms with Gasteiger partial charge in [0, 0.05) is 77.6 Å². The van der Waals surface area contributed by atoms with Gasteiger partial charge in [0.2, 0.25) is 41.4 Å². The highest BCUT2D eigenvalue weighted by molar-refractivity contribution is 7.52. The molecule has 9 amide bonds. The Hall–Kier alpha value is -7.55. The molecule has 448 valence electrons. The molecule has 1 aromatic heterocycles. The van der Waals surface area contributed by atoms with Crippen molar-refractivity contribution in [1.82, 2.24) is 46.3 Å². The summed E-state index contributed by atoms with van der Waals surface area (Å²) in [7, 11) is -4.13. The number of carbonyl (C=O) groups excluding carboxylic acids is 9. The summed E-state index contributed by atoms with van der Waals surface area (Å²) in [6.45, 7) is 1.03. The fraction of sp³-hybridized carbons (Fsp3) is 0.466. The Morgan fingerprint density at radius 1 is 0.893 bits per heavy atom. The van der Waals surface area contributed by atoms with Gasteiger partial charge in [-0.3, -0.25) is 53.0 Å². The molecule has 3 saturated heterocycles. The smallest absolute Gasteiger partial charge is 0.370 e. The average molecular weight is 1200 g/mol. The van der Waals surface area contributed by atoms with E-state index in [0.29, 0.717) is 54.9 Å². The van der Waals surface area contributed by atoms with E-state index in [1.807, 2.05) is 11.0 Å². The number of nitrogens with one attached hydrogen (secondary N) is 6. The van der Waals surface area contributed by atoms with E-state index in [2.05, 4.69) is 43.4 Å². The zero-order chi connectivity index (χ0) is 60.5. The number of benzene rings is 3. The SMILES string of the molecule is CN1CC[C@H]2CC[C@@H](C(=O)N[C@@H](CCC(N)=O)C(=O)N[C@H](C(=O)NCCCCCCCCCC#Cc3cccc4c3CN(C3CCC(=O)NC3=O)C4=O)c3cccc(Cl)c3)N2C(=O)[C@@H](NC(=O)c2cc3cc(C(F)(F)P(=O)(O)O)ccc3[nH]2)C1. The van der Waals surface area contributed by atoms with Gasteiger partial charge >= 0.3 is 13.3 Å². The quantitative estimate of drug-likeness (QED) is 0.0214. The second kappa shape index (κ2) is 27.4. The van der Waals surface area contributed by atoms with Gasteiger partial charge in [0.05, 0.1) is 0 Å². The summed E-state index contributed by atoms with van der Waals surface area (Å²) >= 11 is 6.35. The van der Waals surface area contributed by atoms with Crippen molar-refractivity contribution in [2.75, 3.05) is 26.7 Å². The van der Waals surface area contributed by atoms with Gasteiger partial charge in [0.25, 0.3) is 11.8 Å². The van der Waals surface area contributed by atoms with E-state index in [1.54, 1.807) is 37.4 Å². The van der Waals surface area contributed by atoms with Crippen LogP contribution in [0.1, 0.15) is 145 Å². The van der Waals surface area contributed by atoms with Gasteiger partial charge in [-0.2, -0.15) is 8.78 Å². The molecule has 4 aromatic rings. The number of carbonyl (C=O) groups is 9. The van der Waals surface area contributed by atoms with Crippen molar-refractivity contribution in [3.8, 4) is 11.8 Å². The molecule has 84 heavy (non-hydrogen) atoms. The molecule has 3 fully saturated rings. The van der Waals surface area contributed by atoms with E-state index in [0.717, 1.165) is 67.9 Å². The van der Waals surface area contributed by atoms with Crippen LogP contribution in [0, 0.1) is 11.8 Å². The Labute approximate surface area is 488 Å². The predicted molar refractivity (Wildman–Crippen MR) is 303 cm³/mol. The van der Waals surface area contributed by atoms with E-state index in [9.17, 15) is 66.3 Å². The molecule has 0 bridgehead atoms. The molecule has 0 saturated carbocycles. The lowest BCUT2D eigenvalue weighted by molar-refractivity contribution is -0.144. The summed E-state index contributed by atoms with van der Waals surface area (Å²) < 4.78 is 40.6. The van der Waals surface area contributed by atoms with Crippen molar-refractivity contribution in [2.24, 2.45) is 5.73 Å². The number of halogens is 3. The number of hydrogen-bond donors (Lipinski definition) is 9.